The number of methoxy groups -OCH3 is 1. The van der Waals surface area contributed by atoms with Crippen LogP contribution in [0.1, 0.15) is 36.3 Å². The van der Waals surface area contributed by atoms with Gasteiger partial charge in [-0.2, -0.15) is 0 Å². The van der Waals surface area contributed by atoms with Gasteiger partial charge in [-0.25, -0.2) is 4.98 Å². The maximum absolute atomic E-state index is 5.33. The monoisotopic (exact) mass is 272 g/mol. The van der Waals surface area contributed by atoms with Gasteiger partial charge >= 0.3 is 0 Å². The molecule has 0 spiro atoms. The smallest absolute Gasteiger partial charge is 0.237 e. The van der Waals surface area contributed by atoms with Crippen LogP contribution >= 0.6 is 0 Å². The molecule has 2 heterocycles. The van der Waals surface area contributed by atoms with E-state index in [0.29, 0.717) is 5.88 Å². The zero-order valence-electron chi connectivity index (χ0n) is 12.1. The Morgan fingerprint density at radius 2 is 1.90 bits per heavy atom. The highest BCUT2D eigenvalue weighted by Crippen LogP contribution is 2.26. The lowest BCUT2D eigenvalue weighted by molar-refractivity contribution is 0.381. The molecule has 106 valence electrons. The summed E-state index contributed by atoms with van der Waals surface area (Å²) in [5.41, 5.74) is 2.85. The third kappa shape index (κ3) is 3.11. The van der Waals surface area contributed by atoms with E-state index in [4.69, 9.17) is 4.74 Å². The molecule has 1 atom stereocenters. The summed E-state index contributed by atoms with van der Waals surface area (Å²) < 4.78 is 5.33. The van der Waals surface area contributed by atoms with E-state index in [1.807, 2.05) is 19.1 Å². The molecule has 0 bridgehead atoms. The minimum atomic E-state index is -0.111. The Morgan fingerprint density at radius 3 is 2.60 bits per heavy atom. The van der Waals surface area contributed by atoms with E-state index >= 15 is 0 Å². The van der Waals surface area contributed by atoms with E-state index in [1.165, 1.54) is 0 Å². The maximum Gasteiger partial charge on any atom is 0.237 e. The van der Waals surface area contributed by atoms with Crippen molar-refractivity contribution in [1.82, 2.24) is 20.3 Å². The molecule has 0 aromatic carbocycles. The van der Waals surface area contributed by atoms with E-state index in [9.17, 15) is 0 Å². The normalized spacial score (nSPS) is 12.2. The molecule has 5 heteroatoms. The van der Waals surface area contributed by atoms with Gasteiger partial charge in [0.25, 0.3) is 0 Å². The zero-order valence-corrected chi connectivity index (χ0v) is 12.1. The van der Waals surface area contributed by atoms with Crippen LogP contribution in [-0.2, 0) is 0 Å². The number of nitrogens with zero attached hydrogens (tertiary/aromatic N) is 3. The molecule has 0 saturated heterocycles. The Kier molecular flexibility index (Phi) is 5.01. The van der Waals surface area contributed by atoms with Gasteiger partial charge in [-0.05, 0) is 31.5 Å². The Morgan fingerprint density at radius 1 is 1.15 bits per heavy atom. The summed E-state index contributed by atoms with van der Waals surface area (Å²) in [6.45, 7) is 5.05. The molecule has 1 N–H and O–H groups in total. The lowest BCUT2D eigenvalue weighted by atomic mass is 10.0. The number of pyridine rings is 1. The molecule has 2 aromatic rings. The van der Waals surface area contributed by atoms with Crippen LogP contribution in [0.2, 0.25) is 0 Å². The molecule has 0 saturated carbocycles. The largest absolute Gasteiger partial charge is 0.480 e. The van der Waals surface area contributed by atoms with Gasteiger partial charge in [0.05, 0.1) is 18.8 Å². The van der Waals surface area contributed by atoms with Crippen LogP contribution in [0.15, 0.2) is 30.7 Å². The third-order valence-corrected chi connectivity index (χ3v) is 3.08. The molecule has 20 heavy (non-hydrogen) atoms. The van der Waals surface area contributed by atoms with Gasteiger partial charge in [0, 0.05) is 18.6 Å². The first kappa shape index (κ1) is 14.4. The Labute approximate surface area is 119 Å². The van der Waals surface area contributed by atoms with Crippen LogP contribution < -0.4 is 10.1 Å². The van der Waals surface area contributed by atoms with Crippen molar-refractivity contribution in [2.24, 2.45) is 0 Å². The molecule has 0 amide bonds. The van der Waals surface area contributed by atoms with Gasteiger partial charge in [-0.3, -0.25) is 9.97 Å². The van der Waals surface area contributed by atoms with Crippen LogP contribution in [0, 0.1) is 6.92 Å². The van der Waals surface area contributed by atoms with Crippen LogP contribution in [-0.4, -0.2) is 28.6 Å². The predicted molar refractivity (Wildman–Crippen MR) is 77.7 cm³/mol. The molecule has 0 fully saturated rings. The SMILES string of the molecule is CCCNC(c1ncccc1C)c1nccnc1OC. The second kappa shape index (κ2) is 6.96. The van der Waals surface area contributed by atoms with Crippen molar-refractivity contribution in [2.45, 2.75) is 26.3 Å². The molecule has 2 aromatic heterocycles. The standard InChI is InChI=1S/C15H20N4O/c1-4-7-16-13(12-11(2)6-5-8-17-12)14-15(20-3)19-10-9-18-14/h5-6,8-10,13,16H,4,7H2,1-3H3. The van der Waals surface area contributed by atoms with Crippen molar-refractivity contribution in [3.05, 3.63) is 47.7 Å². The number of ether oxygens (including phenoxy) is 1. The van der Waals surface area contributed by atoms with Gasteiger partial charge in [-0.1, -0.05) is 13.0 Å². The summed E-state index contributed by atoms with van der Waals surface area (Å²) in [5, 5.41) is 3.47. The summed E-state index contributed by atoms with van der Waals surface area (Å²) in [6.07, 6.45) is 6.14. The first-order valence-electron chi connectivity index (χ1n) is 6.77. The van der Waals surface area contributed by atoms with Crippen molar-refractivity contribution in [3.63, 3.8) is 0 Å². The molecule has 2 rings (SSSR count). The number of hydrogen-bond acceptors (Lipinski definition) is 5. The van der Waals surface area contributed by atoms with Crippen molar-refractivity contribution in [3.8, 4) is 5.88 Å². The van der Waals surface area contributed by atoms with E-state index in [1.54, 1.807) is 25.7 Å². The van der Waals surface area contributed by atoms with Crippen LogP contribution in [0.5, 0.6) is 5.88 Å². The Balaban J connectivity index is 2.44. The van der Waals surface area contributed by atoms with Crippen LogP contribution in [0.25, 0.3) is 0 Å². The van der Waals surface area contributed by atoms with E-state index in [-0.39, 0.29) is 6.04 Å². The molecule has 5 nitrogen and oxygen atoms in total. The lowest BCUT2D eigenvalue weighted by Crippen LogP contribution is -2.26. The van der Waals surface area contributed by atoms with Crippen molar-refractivity contribution in [2.75, 3.05) is 13.7 Å². The topological polar surface area (TPSA) is 59.9 Å². The van der Waals surface area contributed by atoms with E-state index in [0.717, 1.165) is 29.9 Å². The fourth-order valence-electron chi connectivity index (χ4n) is 2.10. The van der Waals surface area contributed by atoms with Gasteiger partial charge in [0.2, 0.25) is 5.88 Å². The number of aryl methyl sites for hydroxylation is 1. The molecule has 0 radical (unpaired) electrons. The first-order chi connectivity index (χ1) is 9.77. The minimum absolute atomic E-state index is 0.111. The van der Waals surface area contributed by atoms with Gasteiger partial charge in [0.15, 0.2) is 0 Å². The highest BCUT2D eigenvalue weighted by atomic mass is 16.5. The summed E-state index contributed by atoms with van der Waals surface area (Å²) in [6, 6.07) is 3.87. The third-order valence-electron chi connectivity index (χ3n) is 3.08. The van der Waals surface area contributed by atoms with Gasteiger partial charge < -0.3 is 10.1 Å². The van der Waals surface area contributed by atoms with Crippen molar-refractivity contribution < 1.29 is 4.74 Å². The molecule has 0 aliphatic heterocycles. The molecule has 0 aliphatic carbocycles. The molecule has 1 unspecified atom stereocenters. The second-order valence-corrected chi connectivity index (χ2v) is 4.54. The number of hydrogen-bond donors (Lipinski definition) is 1. The maximum atomic E-state index is 5.33. The zero-order chi connectivity index (χ0) is 14.4. The van der Waals surface area contributed by atoms with E-state index < -0.39 is 0 Å². The van der Waals surface area contributed by atoms with Gasteiger partial charge in [-0.15, -0.1) is 0 Å². The number of nitrogens with one attached hydrogen (secondary N) is 1. The average molecular weight is 272 g/mol. The fourth-order valence-corrected chi connectivity index (χ4v) is 2.10. The first-order valence-corrected chi connectivity index (χ1v) is 6.77. The lowest BCUT2D eigenvalue weighted by Gasteiger charge is -2.20. The van der Waals surface area contributed by atoms with E-state index in [2.05, 4.69) is 27.2 Å². The van der Waals surface area contributed by atoms with Crippen LogP contribution in [0.4, 0.5) is 0 Å². The average Bonchev–Trinajstić information content (AvgIpc) is 2.49. The summed E-state index contributed by atoms with van der Waals surface area (Å²) >= 11 is 0. The highest BCUT2D eigenvalue weighted by molar-refractivity contribution is 5.33. The number of aromatic nitrogens is 3. The predicted octanol–water partition coefficient (Wildman–Crippen LogP) is 2.28. The summed E-state index contributed by atoms with van der Waals surface area (Å²) in [5.74, 6) is 0.533. The van der Waals surface area contributed by atoms with Crippen molar-refractivity contribution >= 4 is 0 Å². The number of rotatable bonds is 6. The fraction of sp³-hybridized carbons (Fsp3) is 0.400. The second-order valence-electron chi connectivity index (χ2n) is 4.54. The Bertz CT molecular complexity index is 559. The molecule has 0 aliphatic rings. The summed E-state index contributed by atoms with van der Waals surface area (Å²) in [7, 11) is 1.61. The summed E-state index contributed by atoms with van der Waals surface area (Å²) in [4.78, 5) is 13.2. The van der Waals surface area contributed by atoms with Crippen LogP contribution in [0.3, 0.4) is 0 Å². The Hall–Kier alpha value is -2.01. The van der Waals surface area contributed by atoms with Crippen molar-refractivity contribution in [1.29, 1.82) is 0 Å². The van der Waals surface area contributed by atoms with Gasteiger partial charge in [0.1, 0.15) is 5.69 Å². The molecular formula is C15H20N4O. The minimum Gasteiger partial charge on any atom is -0.480 e. The molecular weight excluding hydrogens is 252 g/mol. The quantitative estimate of drug-likeness (QED) is 0.874. The highest BCUT2D eigenvalue weighted by Gasteiger charge is 2.22.